The van der Waals surface area contributed by atoms with E-state index < -0.39 is 11.9 Å². The summed E-state index contributed by atoms with van der Waals surface area (Å²) in [6, 6.07) is 0.733. The van der Waals surface area contributed by atoms with Crippen molar-refractivity contribution in [3.63, 3.8) is 0 Å². The SMILES string of the molecule is CCCCc1noc(C)c1COc1cc(C(=O)NC(CO)CO)[nH]n1. The van der Waals surface area contributed by atoms with Crippen LogP contribution in [-0.4, -0.2) is 50.7 Å². The Morgan fingerprint density at radius 1 is 1.44 bits per heavy atom. The number of aliphatic hydroxyl groups is 2. The van der Waals surface area contributed by atoms with Crippen molar-refractivity contribution in [3.05, 3.63) is 28.8 Å². The van der Waals surface area contributed by atoms with Gasteiger partial charge in [-0.25, -0.2) is 0 Å². The molecule has 0 spiro atoms. The Morgan fingerprint density at radius 2 is 2.20 bits per heavy atom. The fourth-order valence-corrected chi connectivity index (χ4v) is 2.21. The van der Waals surface area contributed by atoms with Crippen LogP contribution in [0.1, 0.15) is 47.3 Å². The van der Waals surface area contributed by atoms with Crippen molar-refractivity contribution in [1.82, 2.24) is 20.7 Å². The van der Waals surface area contributed by atoms with Gasteiger partial charge in [-0.1, -0.05) is 18.5 Å². The van der Waals surface area contributed by atoms with Gasteiger partial charge in [0.15, 0.2) is 0 Å². The third kappa shape index (κ3) is 5.04. The van der Waals surface area contributed by atoms with Gasteiger partial charge in [-0.2, -0.15) is 0 Å². The Kier molecular flexibility index (Phi) is 6.96. The lowest BCUT2D eigenvalue weighted by molar-refractivity contribution is 0.0874. The predicted octanol–water partition coefficient (Wildman–Crippen LogP) is 0.711. The van der Waals surface area contributed by atoms with E-state index >= 15 is 0 Å². The highest BCUT2D eigenvalue weighted by atomic mass is 16.5. The Hall–Kier alpha value is -2.39. The van der Waals surface area contributed by atoms with Crippen LogP contribution in [0.15, 0.2) is 10.6 Å². The van der Waals surface area contributed by atoms with Crippen LogP contribution in [0.3, 0.4) is 0 Å². The van der Waals surface area contributed by atoms with Crippen LogP contribution in [-0.2, 0) is 13.0 Å². The highest BCUT2D eigenvalue weighted by Gasteiger charge is 2.17. The van der Waals surface area contributed by atoms with E-state index in [1.165, 1.54) is 6.07 Å². The highest BCUT2D eigenvalue weighted by Crippen LogP contribution is 2.18. The van der Waals surface area contributed by atoms with Gasteiger partial charge in [0.2, 0.25) is 5.88 Å². The van der Waals surface area contributed by atoms with Gasteiger partial charge in [-0.15, -0.1) is 5.10 Å². The number of hydrogen-bond acceptors (Lipinski definition) is 7. The van der Waals surface area contributed by atoms with E-state index in [1.54, 1.807) is 0 Å². The highest BCUT2D eigenvalue weighted by molar-refractivity contribution is 5.92. The van der Waals surface area contributed by atoms with E-state index in [4.69, 9.17) is 19.5 Å². The van der Waals surface area contributed by atoms with Crippen LogP contribution in [0.4, 0.5) is 0 Å². The number of carbonyl (C=O) groups excluding carboxylic acids is 1. The average Bonchev–Trinajstić information content (AvgIpc) is 3.22. The molecule has 0 atom stereocenters. The molecule has 9 nitrogen and oxygen atoms in total. The van der Waals surface area contributed by atoms with Crippen LogP contribution >= 0.6 is 0 Å². The zero-order valence-corrected chi connectivity index (χ0v) is 14.4. The van der Waals surface area contributed by atoms with E-state index in [-0.39, 0.29) is 31.4 Å². The summed E-state index contributed by atoms with van der Waals surface area (Å²) in [6.07, 6.45) is 2.90. The molecule has 2 aromatic heterocycles. The number of nitrogens with one attached hydrogen (secondary N) is 2. The molecule has 0 aliphatic rings. The smallest absolute Gasteiger partial charge is 0.269 e. The lowest BCUT2D eigenvalue weighted by Crippen LogP contribution is -2.40. The summed E-state index contributed by atoms with van der Waals surface area (Å²) >= 11 is 0. The molecule has 0 fully saturated rings. The van der Waals surface area contributed by atoms with Crippen LogP contribution in [0.5, 0.6) is 5.88 Å². The molecule has 2 rings (SSSR count). The molecular formula is C16H24N4O5. The summed E-state index contributed by atoms with van der Waals surface area (Å²) in [6.45, 7) is 3.47. The zero-order valence-electron chi connectivity index (χ0n) is 14.4. The molecule has 25 heavy (non-hydrogen) atoms. The van der Waals surface area contributed by atoms with Gasteiger partial charge >= 0.3 is 0 Å². The third-order valence-electron chi connectivity index (χ3n) is 3.77. The fraction of sp³-hybridized carbons (Fsp3) is 0.562. The number of unbranched alkanes of at least 4 members (excludes halogenated alkanes) is 1. The summed E-state index contributed by atoms with van der Waals surface area (Å²) in [7, 11) is 0. The molecule has 0 radical (unpaired) electrons. The zero-order chi connectivity index (χ0) is 18.2. The molecule has 4 N–H and O–H groups in total. The molecule has 138 valence electrons. The largest absolute Gasteiger partial charge is 0.472 e. The van der Waals surface area contributed by atoms with Crippen molar-refractivity contribution in [2.45, 2.75) is 45.8 Å². The maximum atomic E-state index is 12.0. The second-order valence-electron chi connectivity index (χ2n) is 5.71. The molecule has 0 saturated heterocycles. The van der Waals surface area contributed by atoms with Crippen molar-refractivity contribution < 1.29 is 24.3 Å². The van der Waals surface area contributed by atoms with E-state index in [2.05, 4.69) is 27.6 Å². The molecule has 0 aliphatic carbocycles. The summed E-state index contributed by atoms with van der Waals surface area (Å²) in [5.74, 6) is 0.477. The van der Waals surface area contributed by atoms with Crippen LogP contribution in [0, 0.1) is 6.92 Å². The Bertz CT molecular complexity index is 678. The number of H-pyrrole nitrogens is 1. The topological polar surface area (TPSA) is 134 Å². The quantitative estimate of drug-likeness (QED) is 0.495. The first kappa shape index (κ1) is 18.9. The molecule has 0 bridgehead atoms. The number of rotatable bonds is 10. The Balaban J connectivity index is 1.96. The maximum Gasteiger partial charge on any atom is 0.269 e. The molecule has 0 saturated carbocycles. The second-order valence-corrected chi connectivity index (χ2v) is 5.71. The number of hydrogen-bond donors (Lipinski definition) is 4. The lowest BCUT2D eigenvalue weighted by Gasteiger charge is -2.11. The van der Waals surface area contributed by atoms with Crippen molar-refractivity contribution >= 4 is 5.91 Å². The first-order valence-electron chi connectivity index (χ1n) is 8.23. The summed E-state index contributed by atoms with van der Waals surface area (Å²) in [5.41, 5.74) is 1.94. The van der Waals surface area contributed by atoms with E-state index in [0.29, 0.717) is 5.76 Å². The minimum Gasteiger partial charge on any atom is -0.472 e. The number of aryl methyl sites for hydroxylation is 2. The molecule has 2 heterocycles. The van der Waals surface area contributed by atoms with Gasteiger partial charge in [0.25, 0.3) is 5.91 Å². The minimum atomic E-state index is -0.721. The molecule has 1 amide bonds. The fourth-order valence-electron chi connectivity index (χ4n) is 2.21. The van der Waals surface area contributed by atoms with Gasteiger partial charge < -0.3 is 24.8 Å². The molecule has 9 heteroatoms. The maximum absolute atomic E-state index is 12.0. The number of carbonyl (C=O) groups is 1. The number of aliphatic hydroxyl groups excluding tert-OH is 2. The minimum absolute atomic E-state index is 0.176. The van der Waals surface area contributed by atoms with Gasteiger partial charge in [0.05, 0.1) is 30.5 Å². The van der Waals surface area contributed by atoms with Gasteiger partial charge in [0, 0.05) is 6.07 Å². The Labute approximate surface area is 145 Å². The van der Waals surface area contributed by atoms with Crippen molar-refractivity contribution in [1.29, 1.82) is 0 Å². The van der Waals surface area contributed by atoms with Crippen LogP contribution < -0.4 is 10.1 Å². The van der Waals surface area contributed by atoms with Crippen LogP contribution in [0.2, 0.25) is 0 Å². The lowest BCUT2D eigenvalue weighted by atomic mass is 10.1. The third-order valence-corrected chi connectivity index (χ3v) is 3.77. The second kappa shape index (κ2) is 9.19. The molecule has 0 unspecified atom stereocenters. The summed E-state index contributed by atoms with van der Waals surface area (Å²) in [5, 5.41) is 31.0. The molecule has 0 aliphatic heterocycles. The molecular weight excluding hydrogens is 328 g/mol. The van der Waals surface area contributed by atoms with E-state index in [0.717, 1.165) is 30.5 Å². The Morgan fingerprint density at radius 3 is 2.88 bits per heavy atom. The monoisotopic (exact) mass is 352 g/mol. The average molecular weight is 352 g/mol. The summed E-state index contributed by atoms with van der Waals surface area (Å²) < 4.78 is 10.8. The first-order chi connectivity index (χ1) is 12.1. The molecule has 0 aromatic carbocycles. The number of nitrogens with zero attached hydrogens (tertiary/aromatic N) is 2. The van der Waals surface area contributed by atoms with Crippen LogP contribution in [0.25, 0.3) is 0 Å². The summed E-state index contributed by atoms with van der Waals surface area (Å²) in [4.78, 5) is 12.0. The predicted molar refractivity (Wildman–Crippen MR) is 88.2 cm³/mol. The van der Waals surface area contributed by atoms with Crippen molar-refractivity contribution in [2.75, 3.05) is 13.2 Å². The normalized spacial score (nSPS) is 11.1. The first-order valence-corrected chi connectivity index (χ1v) is 8.23. The van der Waals surface area contributed by atoms with Crippen molar-refractivity contribution in [2.24, 2.45) is 0 Å². The number of aromatic amines is 1. The standard InChI is InChI=1S/C16H24N4O5/c1-3-4-5-13-12(10(2)25-20-13)9-24-15-6-14(18-19-15)16(23)17-11(7-21)8-22/h6,11,21-22H,3-5,7-9H2,1-2H3,(H,17,23)(H,18,19). The number of ether oxygens (including phenoxy) is 1. The molecule has 2 aromatic rings. The van der Waals surface area contributed by atoms with E-state index in [1.807, 2.05) is 6.92 Å². The number of amides is 1. The van der Waals surface area contributed by atoms with Crippen molar-refractivity contribution in [3.8, 4) is 5.88 Å². The van der Waals surface area contributed by atoms with Gasteiger partial charge in [-0.3, -0.25) is 9.89 Å². The van der Waals surface area contributed by atoms with E-state index in [9.17, 15) is 4.79 Å². The number of aromatic nitrogens is 3. The van der Waals surface area contributed by atoms with Gasteiger partial charge in [-0.05, 0) is 19.8 Å². The van der Waals surface area contributed by atoms with Gasteiger partial charge in [0.1, 0.15) is 18.1 Å².